The number of hydrogen-bond donors (Lipinski definition) is 2. The largest absolute Gasteiger partial charge is 0.360 e. The van der Waals surface area contributed by atoms with Crippen LogP contribution in [0.25, 0.3) is 0 Å². The van der Waals surface area contributed by atoms with Gasteiger partial charge in [-0.2, -0.15) is 5.10 Å². The maximum Gasteiger partial charge on any atom is 0.0810 e. The van der Waals surface area contributed by atoms with Crippen LogP contribution in [0.5, 0.6) is 0 Å². The van der Waals surface area contributed by atoms with Crippen molar-refractivity contribution in [2.45, 2.75) is 6.92 Å². The fourth-order valence-corrected chi connectivity index (χ4v) is 1.49. The van der Waals surface area contributed by atoms with Crippen LogP contribution in [0, 0.1) is 0 Å². The van der Waals surface area contributed by atoms with Crippen molar-refractivity contribution in [3.8, 4) is 0 Å². The van der Waals surface area contributed by atoms with E-state index in [0.29, 0.717) is 5.02 Å². The summed E-state index contributed by atoms with van der Waals surface area (Å²) in [6, 6.07) is 11.4. The molecule has 0 bridgehead atoms. The zero-order valence-corrected chi connectivity index (χ0v) is 9.62. The molecule has 0 unspecified atom stereocenters. The molecule has 2 aromatic rings. The van der Waals surface area contributed by atoms with E-state index in [0.717, 1.165) is 17.1 Å². The number of anilines is 1. The Kier molecular flexibility index (Phi) is 3.27. The van der Waals surface area contributed by atoms with E-state index >= 15 is 0 Å². The summed E-state index contributed by atoms with van der Waals surface area (Å²) >= 11 is 5.99. The second-order valence-electron chi connectivity index (χ2n) is 3.37. The standard InChI is InChI=1S/C12H12ClN3/c1-9(11-7-4-8-14-11)15-16-12-6-3-2-5-10(12)13/h2-8,14,16H,1H3/b15-9+. The van der Waals surface area contributed by atoms with Crippen LogP contribution < -0.4 is 5.43 Å². The fraction of sp³-hybridized carbons (Fsp3) is 0.0833. The summed E-state index contributed by atoms with van der Waals surface area (Å²) < 4.78 is 0. The zero-order chi connectivity index (χ0) is 11.4. The van der Waals surface area contributed by atoms with Gasteiger partial charge in [0.05, 0.1) is 22.1 Å². The first kappa shape index (κ1) is 10.8. The third kappa shape index (κ3) is 2.44. The predicted octanol–water partition coefficient (Wildman–Crippen LogP) is 3.50. The molecule has 0 fully saturated rings. The molecule has 0 aliphatic heterocycles. The van der Waals surface area contributed by atoms with E-state index in [-0.39, 0.29) is 0 Å². The van der Waals surface area contributed by atoms with Crippen LogP contribution in [0.2, 0.25) is 5.02 Å². The summed E-state index contributed by atoms with van der Waals surface area (Å²) in [7, 11) is 0. The number of aromatic nitrogens is 1. The minimum Gasteiger partial charge on any atom is -0.360 e. The van der Waals surface area contributed by atoms with Gasteiger partial charge in [0.2, 0.25) is 0 Å². The lowest BCUT2D eigenvalue weighted by Crippen LogP contribution is -2.00. The van der Waals surface area contributed by atoms with Gasteiger partial charge in [-0.15, -0.1) is 0 Å². The van der Waals surface area contributed by atoms with Crippen LogP contribution in [0.4, 0.5) is 5.69 Å². The van der Waals surface area contributed by atoms with Gasteiger partial charge in [-0.1, -0.05) is 23.7 Å². The third-order valence-corrected chi connectivity index (χ3v) is 2.54. The van der Waals surface area contributed by atoms with Crippen LogP contribution >= 0.6 is 11.6 Å². The second-order valence-corrected chi connectivity index (χ2v) is 3.78. The molecule has 0 spiro atoms. The normalized spacial score (nSPS) is 11.5. The van der Waals surface area contributed by atoms with Gasteiger partial charge in [0.25, 0.3) is 0 Å². The SMILES string of the molecule is C/C(=N\Nc1ccccc1Cl)c1ccc[nH]1. The Bertz CT molecular complexity index is 489. The van der Waals surface area contributed by atoms with Crippen molar-refractivity contribution in [2.24, 2.45) is 5.10 Å². The van der Waals surface area contributed by atoms with E-state index in [9.17, 15) is 0 Å². The smallest absolute Gasteiger partial charge is 0.0810 e. The average molecular weight is 234 g/mol. The molecule has 0 aliphatic carbocycles. The highest BCUT2D eigenvalue weighted by Crippen LogP contribution is 2.20. The monoisotopic (exact) mass is 233 g/mol. The van der Waals surface area contributed by atoms with Crippen LogP contribution in [-0.2, 0) is 0 Å². The lowest BCUT2D eigenvalue weighted by Gasteiger charge is -2.03. The molecule has 2 N–H and O–H groups in total. The maximum atomic E-state index is 5.99. The highest BCUT2D eigenvalue weighted by Gasteiger charge is 1.99. The number of hydrogen-bond acceptors (Lipinski definition) is 2. The maximum absolute atomic E-state index is 5.99. The van der Waals surface area contributed by atoms with E-state index < -0.39 is 0 Å². The molecule has 2 rings (SSSR count). The summed E-state index contributed by atoms with van der Waals surface area (Å²) in [5.74, 6) is 0. The molecule has 1 aromatic carbocycles. The van der Waals surface area contributed by atoms with Gasteiger partial charge in [-0.05, 0) is 31.2 Å². The molecule has 0 saturated carbocycles. The summed E-state index contributed by atoms with van der Waals surface area (Å²) in [4.78, 5) is 3.08. The Hall–Kier alpha value is -1.74. The highest BCUT2D eigenvalue weighted by molar-refractivity contribution is 6.33. The molecule has 82 valence electrons. The Balaban J connectivity index is 2.13. The Labute approximate surface area is 99.1 Å². The number of benzene rings is 1. The number of rotatable bonds is 3. The Morgan fingerprint density at radius 2 is 2.06 bits per heavy atom. The zero-order valence-electron chi connectivity index (χ0n) is 8.87. The van der Waals surface area contributed by atoms with Crippen molar-refractivity contribution in [1.82, 2.24) is 4.98 Å². The Morgan fingerprint density at radius 1 is 1.25 bits per heavy atom. The van der Waals surface area contributed by atoms with E-state index in [1.807, 2.05) is 49.5 Å². The van der Waals surface area contributed by atoms with Crippen molar-refractivity contribution in [2.75, 3.05) is 5.43 Å². The van der Waals surface area contributed by atoms with E-state index in [2.05, 4.69) is 15.5 Å². The lowest BCUT2D eigenvalue weighted by atomic mass is 10.3. The van der Waals surface area contributed by atoms with Gasteiger partial charge in [0, 0.05) is 6.20 Å². The van der Waals surface area contributed by atoms with Crippen molar-refractivity contribution < 1.29 is 0 Å². The van der Waals surface area contributed by atoms with Crippen molar-refractivity contribution in [3.05, 3.63) is 53.3 Å². The summed E-state index contributed by atoms with van der Waals surface area (Å²) in [5.41, 5.74) is 5.60. The molecular formula is C12H12ClN3. The fourth-order valence-electron chi connectivity index (χ4n) is 1.31. The number of aromatic amines is 1. The van der Waals surface area contributed by atoms with E-state index in [4.69, 9.17) is 11.6 Å². The molecule has 0 radical (unpaired) electrons. The van der Waals surface area contributed by atoms with Gasteiger partial charge in [0.1, 0.15) is 0 Å². The molecule has 1 aromatic heterocycles. The highest BCUT2D eigenvalue weighted by atomic mass is 35.5. The van der Waals surface area contributed by atoms with E-state index in [1.54, 1.807) is 0 Å². The number of nitrogens with zero attached hydrogens (tertiary/aromatic N) is 1. The summed E-state index contributed by atoms with van der Waals surface area (Å²) in [6.07, 6.45) is 1.86. The minimum absolute atomic E-state index is 0.658. The van der Waals surface area contributed by atoms with Crippen LogP contribution in [0.1, 0.15) is 12.6 Å². The summed E-state index contributed by atoms with van der Waals surface area (Å²) in [5, 5.41) is 4.91. The van der Waals surface area contributed by atoms with Gasteiger partial charge < -0.3 is 4.98 Å². The molecule has 4 heteroatoms. The van der Waals surface area contributed by atoms with Crippen LogP contribution in [0.3, 0.4) is 0 Å². The lowest BCUT2D eigenvalue weighted by molar-refractivity contribution is 1.29. The number of halogens is 1. The molecule has 16 heavy (non-hydrogen) atoms. The van der Waals surface area contributed by atoms with E-state index in [1.165, 1.54) is 0 Å². The molecular weight excluding hydrogens is 222 g/mol. The molecule has 3 nitrogen and oxygen atoms in total. The first-order chi connectivity index (χ1) is 7.77. The van der Waals surface area contributed by atoms with Gasteiger partial charge in [-0.25, -0.2) is 0 Å². The Morgan fingerprint density at radius 3 is 2.75 bits per heavy atom. The molecule has 0 amide bonds. The number of H-pyrrole nitrogens is 1. The first-order valence-corrected chi connectivity index (χ1v) is 5.34. The molecule has 0 atom stereocenters. The average Bonchev–Trinajstić information content (AvgIpc) is 2.81. The molecule has 0 aliphatic rings. The minimum atomic E-state index is 0.658. The molecule has 1 heterocycles. The van der Waals surface area contributed by atoms with Crippen LogP contribution in [-0.4, -0.2) is 10.7 Å². The van der Waals surface area contributed by atoms with Gasteiger partial charge in [0.15, 0.2) is 0 Å². The van der Waals surface area contributed by atoms with Gasteiger partial charge in [-0.3, -0.25) is 5.43 Å². The van der Waals surface area contributed by atoms with Crippen LogP contribution in [0.15, 0.2) is 47.7 Å². The van der Waals surface area contributed by atoms with Crippen molar-refractivity contribution in [3.63, 3.8) is 0 Å². The number of para-hydroxylation sites is 1. The van der Waals surface area contributed by atoms with Crippen molar-refractivity contribution in [1.29, 1.82) is 0 Å². The number of hydrazone groups is 1. The summed E-state index contributed by atoms with van der Waals surface area (Å²) in [6.45, 7) is 1.93. The van der Waals surface area contributed by atoms with Gasteiger partial charge >= 0.3 is 0 Å². The topological polar surface area (TPSA) is 40.2 Å². The second kappa shape index (κ2) is 4.86. The molecule has 0 saturated heterocycles. The first-order valence-electron chi connectivity index (χ1n) is 4.96. The third-order valence-electron chi connectivity index (χ3n) is 2.21. The quantitative estimate of drug-likeness (QED) is 0.618. The number of nitrogens with one attached hydrogen (secondary N) is 2. The predicted molar refractivity (Wildman–Crippen MR) is 68.1 cm³/mol. The van der Waals surface area contributed by atoms with Crippen molar-refractivity contribution >= 4 is 23.0 Å².